The molecule has 1 atom stereocenters. The summed E-state index contributed by atoms with van der Waals surface area (Å²) in [5.41, 5.74) is 1.35. The molecular formula is C16H18N3O2S-. The molecule has 1 aliphatic carbocycles. The summed E-state index contributed by atoms with van der Waals surface area (Å²) >= 11 is 1.76. The maximum Gasteiger partial charge on any atom is 0.141 e. The fourth-order valence-corrected chi connectivity index (χ4v) is 5.02. The molecule has 0 saturated carbocycles. The van der Waals surface area contributed by atoms with Crippen molar-refractivity contribution in [2.75, 3.05) is 11.4 Å². The van der Waals surface area contributed by atoms with E-state index in [2.05, 4.69) is 9.97 Å². The van der Waals surface area contributed by atoms with Crippen molar-refractivity contribution in [3.63, 3.8) is 0 Å². The van der Waals surface area contributed by atoms with Crippen LogP contribution in [0.2, 0.25) is 0 Å². The molecule has 4 rings (SSSR count). The van der Waals surface area contributed by atoms with Gasteiger partial charge in [0, 0.05) is 11.4 Å². The highest BCUT2D eigenvalue weighted by Gasteiger charge is 2.30. The molecule has 0 unspecified atom stereocenters. The molecule has 3 heterocycles. The minimum absolute atomic E-state index is 0.559. The Morgan fingerprint density at radius 1 is 1.27 bits per heavy atom. The highest BCUT2D eigenvalue weighted by molar-refractivity contribution is 7.19. The molecule has 2 aromatic rings. The quantitative estimate of drug-likeness (QED) is 0.841. The van der Waals surface area contributed by atoms with E-state index >= 15 is 0 Å². The summed E-state index contributed by atoms with van der Waals surface area (Å²) in [5.74, 6) is 0.532. The Morgan fingerprint density at radius 3 is 2.91 bits per heavy atom. The largest absolute Gasteiger partial charge is 0.548 e. The van der Waals surface area contributed by atoms with Crippen molar-refractivity contribution < 1.29 is 9.90 Å². The van der Waals surface area contributed by atoms with Crippen LogP contribution in [0.3, 0.4) is 0 Å². The number of nitrogens with zero attached hydrogens (tertiary/aromatic N) is 3. The van der Waals surface area contributed by atoms with Gasteiger partial charge in [-0.3, -0.25) is 0 Å². The molecule has 0 aromatic carbocycles. The predicted molar refractivity (Wildman–Crippen MR) is 84.2 cm³/mol. The van der Waals surface area contributed by atoms with Gasteiger partial charge in [0.1, 0.15) is 16.5 Å². The zero-order chi connectivity index (χ0) is 15.3. The summed E-state index contributed by atoms with van der Waals surface area (Å²) in [5, 5.41) is 12.5. The zero-order valence-electron chi connectivity index (χ0n) is 12.6. The molecule has 5 nitrogen and oxygen atoms in total. The van der Waals surface area contributed by atoms with Crippen LogP contribution in [0.25, 0.3) is 10.2 Å². The minimum atomic E-state index is -0.994. The number of carbonyl (C=O) groups is 1. The Labute approximate surface area is 133 Å². The summed E-state index contributed by atoms with van der Waals surface area (Å²) in [4.78, 5) is 25.0. The van der Waals surface area contributed by atoms with E-state index in [1.807, 2.05) is 11.8 Å². The molecule has 0 radical (unpaired) electrons. The van der Waals surface area contributed by atoms with Crippen LogP contribution < -0.4 is 10.0 Å². The number of aliphatic carboxylic acids is 1. The van der Waals surface area contributed by atoms with Crippen LogP contribution in [0.1, 0.15) is 41.9 Å². The first kappa shape index (κ1) is 13.9. The molecule has 1 saturated heterocycles. The first-order chi connectivity index (χ1) is 10.6. The van der Waals surface area contributed by atoms with Gasteiger partial charge in [-0.25, -0.2) is 9.97 Å². The summed E-state index contributed by atoms with van der Waals surface area (Å²) in [7, 11) is 0. The monoisotopic (exact) mass is 316 g/mol. The number of fused-ring (bicyclic) bond motifs is 3. The van der Waals surface area contributed by atoms with Crippen LogP contribution >= 0.6 is 11.3 Å². The molecule has 0 spiro atoms. The molecular weight excluding hydrogens is 298 g/mol. The minimum Gasteiger partial charge on any atom is -0.548 e. The fraction of sp³-hybridized carbons (Fsp3) is 0.562. The predicted octanol–water partition coefficient (Wildman–Crippen LogP) is 1.60. The molecule has 2 aliphatic rings. The standard InChI is InChI=1S/C16H19N3O2S/c1-9-17-14(19-8-4-6-11(19)16(20)21)13-10-5-2-3-7-12(10)22-15(13)18-9/h11H,2-8H2,1H3,(H,20,21)/p-1/t11-/m0/s1. The van der Waals surface area contributed by atoms with Crippen molar-refractivity contribution in [1.82, 2.24) is 9.97 Å². The summed E-state index contributed by atoms with van der Waals surface area (Å²) in [6, 6.07) is -0.559. The van der Waals surface area contributed by atoms with E-state index in [4.69, 9.17) is 0 Å². The summed E-state index contributed by atoms with van der Waals surface area (Å²) in [6.07, 6.45) is 6.09. The zero-order valence-corrected chi connectivity index (χ0v) is 13.4. The fourth-order valence-electron chi connectivity index (χ4n) is 3.72. The second-order valence-corrected chi connectivity index (χ2v) is 7.24. The number of aryl methyl sites for hydroxylation is 3. The lowest BCUT2D eigenvalue weighted by Crippen LogP contribution is -2.45. The number of anilines is 1. The van der Waals surface area contributed by atoms with Gasteiger partial charge >= 0.3 is 0 Å². The number of rotatable bonds is 2. The first-order valence-electron chi connectivity index (χ1n) is 7.91. The van der Waals surface area contributed by atoms with Crippen molar-refractivity contribution in [3.05, 3.63) is 16.3 Å². The Bertz CT molecular complexity index is 755. The van der Waals surface area contributed by atoms with Crippen LogP contribution in [-0.2, 0) is 17.6 Å². The van der Waals surface area contributed by atoms with Gasteiger partial charge in [0.2, 0.25) is 0 Å². The molecule has 22 heavy (non-hydrogen) atoms. The van der Waals surface area contributed by atoms with Gasteiger partial charge in [-0.05, 0) is 51.0 Å². The second-order valence-electron chi connectivity index (χ2n) is 6.16. The van der Waals surface area contributed by atoms with Crippen LogP contribution in [0.5, 0.6) is 0 Å². The molecule has 0 N–H and O–H groups in total. The molecule has 0 bridgehead atoms. The lowest BCUT2D eigenvalue weighted by Gasteiger charge is -2.27. The number of carboxylic acid groups (broad SMARTS) is 1. The van der Waals surface area contributed by atoms with E-state index in [1.165, 1.54) is 23.3 Å². The van der Waals surface area contributed by atoms with Gasteiger partial charge in [-0.2, -0.15) is 0 Å². The van der Waals surface area contributed by atoms with Crippen LogP contribution in [0.15, 0.2) is 0 Å². The number of hydrogen-bond acceptors (Lipinski definition) is 6. The van der Waals surface area contributed by atoms with Crippen LogP contribution in [-0.4, -0.2) is 28.5 Å². The van der Waals surface area contributed by atoms with Crippen molar-refractivity contribution >= 4 is 33.3 Å². The molecule has 6 heteroatoms. The van der Waals surface area contributed by atoms with Gasteiger partial charge in [0.25, 0.3) is 0 Å². The van der Waals surface area contributed by atoms with Crippen molar-refractivity contribution in [2.24, 2.45) is 0 Å². The Kier molecular flexibility index (Phi) is 3.29. The topological polar surface area (TPSA) is 69.2 Å². The highest BCUT2D eigenvalue weighted by atomic mass is 32.1. The summed E-state index contributed by atoms with van der Waals surface area (Å²) in [6.45, 7) is 2.61. The van der Waals surface area contributed by atoms with Gasteiger partial charge in [0.05, 0.1) is 17.4 Å². The van der Waals surface area contributed by atoms with E-state index in [1.54, 1.807) is 11.3 Å². The van der Waals surface area contributed by atoms with Gasteiger partial charge in [-0.15, -0.1) is 11.3 Å². The highest BCUT2D eigenvalue weighted by Crippen LogP contribution is 2.41. The Hall–Kier alpha value is -1.69. The second kappa shape index (κ2) is 5.19. The lowest BCUT2D eigenvalue weighted by molar-refractivity contribution is -0.307. The van der Waals surface area contributed by atoms with Crippen molar-refractivity contribution in [1.29, 1.82) is 0 Å². The number of carboxylic acids is 1. The third-order valence-electron chi connectivity index (χ3n) is 4.70. The van der Waals surface area contributed by atoms with E-state index in [9.17, 15) is 9.90 Å². The number of thiophene rings is 1. The SMILES string of the molecule is Cc1nc(N2CCC[C@H]2C(=O)[O-])c2c3c(sc2n1)CCCC3. The molecule has 0 amide bonds. The number of aromatic nitrogens is 2. The van der Waals surface area contributed by atoms with E-state index < -0.39 is 12.0 Å². The normalized spacial score (nSPS) is 21.3. The molecule has 2 aromatic heterocycles. The maximum atomic E-state index is 11.4. The van der Waals surface area contributed by atoms with E-state index in [-0.39, 0.29) is 0 Å². The molecule has 1 aliphatic heterocycles. The van der Waals surface area contributed by atoms with Crippen LogP contribution in [0, 0.1) is 6.92 Å². The van der Waals surface area contributed by atoms with E-state index in [0.717, 1.165) is 41.8 Å². The summed E-state index contributed by atoms with van der Waals surface area (Å²) < 4.78 is 0. The smallest absolute Gasteiger partial charge is 0.141 e. The van der Waals surface area contributed by atoms with Gasteiger partial charge in [0.15, 0.2) is 0 Å². The van der Waals surface area contributed by atoms with Crippen molar-refractivity contribution in [2.45, 2.75) is 51.5 Å². The third-order valence-corrected chi connectivity index (χ3v) is 5.89. The van der Waals surface area contributed by atoms with Gasteiger partial charge < -0.3 is 14.8 Å². The molecule has 1 fully saturated rings. The lowest BCUT2D eigenvalue weighted by atomic mass is 9.97. The third kappa shape index (κ3) is 2.08. The Morgan fingerprint density at radius 2 is 2.09 bits per heavy atom. The molecule has 116 valence electrons. The first-order valence-corrected chi connectivity index (χ1v) is 8.73. The Balaban J connectivity index is 1.92. The average molecular weight is 316 g/mol. The number of hydrogen-bond donors (Lipinski definition) is 0. The van der Waals surface area contributed by atoms with E-state index in [0.29, 0.717) is 12.2 Å². The van der Waals surface area contributed by atoms with Gasteiger partial charge in [-0.1, -0.05) is 0 Å². The number of carbonyl (C=O) groups excluding carboxylic acids is 1. The van der Waals surface area contributed by atoms with Crippen molar-refractivity contribution in [3.8, 4) is 0 Å². The average Bonchev–Trinajstić information content (AvgIpc) is 3.10. The van der Waals surface area contributed by atoms with Crippen LogP contribution in [0.4, 0.5) is 5.82 Å². The maximum absolute atomic E-state index is 11.4.